The van der Waals surface area contributed by atoms with E-state index >= 15 is 0 Å². The maximum atomic E-state index is 13.0. The highest BCUT2D eigenvalue weighted by Gasteiger charge is 2.11. The van der Waals surface area contributed by atoms with Crippen molar-refractivity contribution < 1.29 is 14.3 Å². The summed E-state index contributed by atoms with van der Waals surface area (Å²) in [6.07, 6.45) is 0.624. The molecule has 110 valence electrons. The maximum absolute atomic E-state index is 13.0. The van der Waals surface area contributed by atoms with Gasteiger partial charge < -0.3 is 10.4 Å². The lowest BCUT2D eigenvalue weighted by atomic mass is 10.1. The number of nitrogens with one attached hydrogen (secondary N) is 1. The molecule has 1 aromatic carbocycles. The summed E-state index contributed by atoms with van der Waals surface area (Å²) in [5.41, 5.74) is 1.91. The standard InChI is InChI=1S/C15H14ClFN2O2/c1-9-8-11(17)3-2-10(9)6-7-18-14-12(15(20)21)4-5-13(16)19-14/h2-5,8H,6-7H2,1H3,(H,18,19)(H,20,21). The second kappa shape index (κ2) is 6.54. The Hall–Kier alpha value is -2.14. The number of benzene rings is 1. The van der Waals surface area contributed by atoms with Crippen LogP contribution in [0.25, 0.3) is 0 Å². The molecule has 2 N–H and O–H groups in total. The highest BCUT2D eigenvalue weighted by molar-refractivity contribution is 6.29. The zero-order valence-electron chi connectivity index (χ0n) is 11.4. The number of carboxylic acid groups (broad SMARTS) is 1. The van der Waals surface area contributed by atoms with Crippen molar-refractivity contribution in [3.05, 3.63) is 58.0 Å². The number of rotatable bonds is 5. The minimum absolute atomic E-state index is 0.0650. The van der Waals surface area contributed by atoms with Gasteiger partial charge in [-0.1, -0.05) is 17.7 Å². The van der Waals surface area contributed by atoms with Crippen molar-refractivity contribution in [1.29, 1.82) is 0 Å². The van der Waals surface area contributed by atoms with Crippen LogP contribution in [0.15, 0.2) is 30.3 Å². The second-order valence-corrected chi connectivity index (χ2v) is 4.97. The van der Waals surface area contributed by atoms with E-state index in [2.05, 4.69) is 10.3 Å². The third-order valence-corrected chi connectivity index (χ3v) is 3.29. The number of hydrogen-bond acceptors (Lipinski definition) is 3. The highest BCUT2D eigenvalue weighted by atomic mass is 35.5. The molecule has 0 aliphatic rings. The predicted octanol–water partition coefficient (Wildman–Crippen LogP) is 3.54. The number of pyridine rings is 1. The molecule has 0 saturated heterocycles. The molecule has 0 spiro atoms. The molecule has 0 fully saturated rings. The van der Waals surface area contributed by atoms with Gasteiger partial charge in [0.1, 0.15) is 22.4 Å². The molecule has 0 aliphatic carbocycles. The van der Waals surface area contributed by atoms with Crippen LogP contribution < -0.4 is 5.32 Å². The van der Waals surface area contributed by atoms with Crippen molar-refractivity contribution in [2.45, 2.75) is 13.3 Å². The Bertz CT molecular complexity index is 677. The Morgan fingerprint density at radius 3 is 2.81 bits per heavy atom. The molecule has 0 saturated carbocycles. The van der Waals surface area contributed by atoms with E-state index in [0.717, 1.165) is 11.1 Å². The number of aryl methyl sites for hydroxylation is 1. The maximum Gasteiger partial charge on any atom is 0.339 e. The van der Waals surface area contributed by atoms with E-state index in [-0.39, 0.29) is 22.4 Å². The van der Waals surface area contributed by atoms with Gasteiger partial charge in [0.15, 0.2) is 0 Å². The van der Waals surface area contributed by atoms with Crippen LogP contribution in [-0.2, 0) is 6.42 Å². The molecule has 0 amide bonds. The summed E-state index contributed by atoms with van der Waals surface area (Å²) in [6.45, 7) is 2.30. The van der Waals surface area contributed by atoms with Gasteiger partial charge in [-0.25, -0.2) is 14.2 Å². The fourth-order valence-corrected chi connectivity index (χ4v) is 2.15. The van der Waals surface area contributed by atoms with E-state index in [1.807, 2.05) is 6.92 Å². The van der Waals surface area contributed by atoms with Gasteiger partial charge in [0.05, 0.1) is 0 Å². The highest BCUT2D eigenvalue weighted by Crippen LogP contribution is 2.17. The molecular weight excluding hydrogens is 295 g/mol. The second-order valence-electron chi connectivity index (χ2n) is 4.58. The topological polar surface area (TPSA) is 62.2 Å². The molecule has 21 heavy (non-hydrogen) atoms. The molecular formula is C15H14ClFN2O2. The van der Waals surface area contributed by atoms with Crippen LogP contribution in [-0.4, -0.2) is 22.6 Å². The molecule has 2 aromatic rings. The molecule has 1 aromatic heterocycles. The van der Waals surface area contributed by atoms with Crippen LogP contribution in [0.5, 0.6) is 0 Å². The van der Waals surface area contributed by atoms with E-state index in [1.54, 1.807) is 6.07 Å². The molecule has 0 bridgehead atoms. The number of carbonyl (C=O) groups is 1. The first-order chi connectivity index (χ1) is 9.97. The third-order valence-electron chi connectivity index (χ3n) is 3.08. The lowest BCUT2D eigenvalue weighted by molar-refractivity contribution is 0.0697. The van der Waals surface area contributed by atoms with Crippen LogP contribution in [0.4, 0.5) is 10.2 Å². The number of aromatic carboxylic acids is 1. The summed E-state index contributed by atoms with van der Waals surface area (Å²) in [7, 11) is 0. The van der Waals surface area contributed by atoms with Crippen LogP contribution in [0.3, 0.4) is 0 Å². The van der Waals surface area contributed by atoms with E-state index in [9.17, 15) is 9.18 Å². The predicted molar refractivity (Wildman–Crippen MR) is 79.5 cm³/mol. The minimum Gasteiger partial charge on any atom is -0.478 e. The molecule has 0 atom stereocenters. The number of nitrogens with zero attached hydrogens (tertiary/aromatic N) is 1. The number of halogens is 2. The molecule has 4 nitrogen and oxygen atoms in total. The van der Waals surface area contributed by atoms with Crippen molar-refractivity contribution >= 4 is 23.4 Å². The SMILES string of the molecule is Cc1cc(F)ccc1CCNc1nc(Cl)ccc1C(=O)O. The van der Waals surface area contributed by atoms with Crippen molar-refractivity contribution in [3.8, 4) is 0 Å². The first-order valence-corrected chi connectivity index (χ1v) is 6.74. The van der Waals surface area contributed by atoms with Gasteiger partial charge in [-0.15, -0.1) is 0 Å². The Balaban J connectivity index is 2.06. The summed E-state index contributed by atoms with van der Waals surface area (Å²) in [4.78, 5) is 15.1. The summed E-state index contributed by atoms with van der Waals surface area (Å²) in [5, 5.41) is 12.3. The van der Waals surface area contributed by atoms with E-state index in [1.165, 1.54) is 24.3 Å². The number of carboxylic acids is 1. The van der Waals surface area contributed by atoms with Crippen LogP contribution in [0, 0.1) is 12.7 Å². The van der Waals surface area contributed by atoms with Gasteiger partial charge in [0, 0.05) is 6.54 Å². The van der Waals surface area contributed by atoms with Gasteiger partial charge in [0.25, 0.3) is 0 Å². The smallest absolute Gasteiger partial charge is 0.339 e. The summed E-state index contributed by atoms with van der Waals surface area (Å²) < 4.78 is 13.0. The van der Waals surface area contributed by atoms with Crippen LogP contribution >= 0.6 is 11.6 Å². The summed E-state index contributed by atoms with van der Waals surface area (Å²) in [6, 6.07) is 7.43. The zero-order chi connectivity index (χ0) is 15.4. The molecule has 0 unspecified atom stereocenters. The Labute approximate surface area is 126 Å². The molecule has 2 rings (SSSR count). The van der Waals surface area contributed by atoms with E-state index in [4.69, 9.17) is 16.7 Å². The average Bonchev–Trinajstić information content (AvgIpc) is 2.41. The van der Waals surface area contributed by atoms with Crippen molar-refractivity contribution in [2.24, 2.45) is 0 Å². The Kier molecular flexibility index (Phi) is 4.75. The Morgan fingerprint density at radius 1 is 1.38 bits per heavy atom. The van der Waals surface area contributed by atoms with Crippen LogP contribution in [0.1, 0.15) is 21.5 Å². The lowest BCUT2D eigenvalue weighted by Gasteiger charge is -2.10. The van der Waals surface area contributed by atoms with Gasteiger partial charge in [-0.05, 0) is 48.7 Å². The summed E-state index contributed by atoms with van der Waals surface area (Å²) in [5.74, 6) is -1.11. The first-order valence-electron chi connectivity index (χ1n) is 6.36. The average molecular weight is 309 g/mol. The number of anilines is 1. The molecule has 6 heteroatoms. The quantitative estimate of drug-likeness (QED) is 0.829. The molecule has 0 aliphatic heterocycles. The summed E-state index contributed by atoms with van der Waals surface area (Å²) >= 11 is 5.77. The van der Waals surface area contributed by atoms with Crippen molar-refractivity contribution in [3.63, 3.8) is 0 Å². The minimum atomic E-state index is -1.07. The van der Waals surface area contributed by atoms with Gasteiger partial charge >= 0.3 is 5.97 Å². The molecule has 1 heterocycles. The first kappa shape index (κ1) is 15.3. The largest absolute Gasteiger partial charge is 0.478 e. The number of aromatic nitrogens is 1. The van der Waals surface area contributed by atoms with Gasteiger partial charge in [0.2, 0.25) is 0 Å². The third kappa shape index (κ3) is 3.92. The molecule has 0 radical (unpaired) electrons. The van der Waals surface area contributed by atoms with Crippen molar-refractivity contribution in [2.75, 3.05) is 11.9 Å². The van der Waals surface area contributed by atoms with Crippen LogP contribution in [0.2, 0.25) is 5.15 Å². The zero-order valence-corrected chi connectivity index (χ0v) is 12.1. The van der Waals surface area contributed by atoms with Crippen molar-refractivity contribution in [1.82, 2.24) is 4.98 Å². The normalized spacial score (nSPS) is 10.4. The Morgan fingerprint density at radius 2 is 2.14 bits per heavy atom. The van der Waals surface area contributed by atoms with E-state index in [0.29, 0.717) is 13.0 Å². The van der Waals surface area contributed by atoms with E-state index < -0.39 is 5.97 Å². The number of hydrogen-bond donors (Lipinski definition) is 2. The fraction of sp³-hybridized carbons (Fsp3) is 0.200. The fourth-order valence-electron chi connectivity index (χ4n) is 2.00. The lowest BCUT2D eigenvalue weighted by Crippen LogP contribution is -2.11. The van der Waals surface area contributed by atoms with Gasteiger partial charge in [-0.2, -0.15) is 0 Å². The van der Waals surface area contributed by atoms with Gasteiger partial charge in [-0.3, -0.25) is 0 Å². The monoisotopic (exact) mass is 308 g/mol.